The lowest BCUT2D eigenvalue weighted by atomic mass is 10.1. The molecule has 0 N–H and O–H groups in total. The molecule has 0 aliphatic rings. The second-order valence-electron chi connectivity index (χ2n) is 7.80. The van der Waals surface area contributed by atoms with Gasteiger partial charge in [0.05, 0.1) is 17.5 Å². The predicted molar refractivity (Wildman–Crippen MR) is 126 cm³/mol. The van der Waals surface area contributed by atoms with Crippen molar-refractivity contribution in [2.75, 3.05) is 0 Å². The molecule has 0 amide bonds. The molecule has 35 heavy (non-hydrogen) atoms. The largest absolute Gasteiger partial charge is 0.445 e. The number of benzene rings is 2. The van der Waals surface area contributed by atoms with Gasteiger partial charge < -0.3 is 4.42 Å². The van der Waals surface area contributed by atoms with Crippen LogP contribution in [0.1, 0.15) is 41.1 Å². The summed E-state index contributed by atoms with van der Waals surface area (Å²) >= 11 is 1.61. The Morgan fingerprint density at radius 1 is 1.03 bits per heavy atom. The van der Waals surface area contributed by atoms with E-state index in [4.69, 9.17) is 4.42 Å². The fourth-order valence-corrected chi connectivity index (χ4v) is 4.11. The number of rotatable bonds is 10. The fraction of sp³-hybridized carbons (Fsp3) is 0.240. The minimum Gasteiger partial charge on any atom is -0.445 e. The molecule has 10 heteroatoms. The number of nitrogens with zero attached hydrogens (tertiary/aromatic N) is 4. The Morgan fingerprint density at radius 2 is 1.86 bits per heavy atom. The fourth-order valence-electron chi connectivity index (χ4n) is 3.33. The molecule has 0 atom stereocenters. The number of hydrogen-bond acceptors (Lipinski definition) is 5. The van der Waals surface area contributed by atoms with Crippen LogP contribution in [-0.4, -0.2) is 20.0 Å². The first-order chi connectivity index (χ1) is 16.9. The summed E-state index contributed by atoms with van der Waals surface area (Å²) < 4.78 is 59.1. The zero-order valence-corrected chi connectivity index (χ0v) is 19.4. The number of unbranched alkanes of at least 4 members (excludes halogenated alkanes) is 1. The number of aryl methyl sites for hydroxylation is 2. The maximum Gasteiger partial charge on any atom is 0.416 e. The molecular weight excluding hydrogens is 480 g/mol. The van der Waals surface area contributed by atoms with E-state index in [0.717, 1.165) is 42.8 Å². The third kappa shape index (κ3) is 7.29. The summed E-state index contributed by atoms with van der Waals surface area (Å²) in [7, 11) is 0. The molecule has 0 saturated carbocycles. The van der Waals surface area contributed by atoms with Crippen molar-refractivity contribution in [3.05, 3.63) is 95.2 Å². The van der Waals surface area contributed by atoms with Crippen molar-refractivity contribution in [2.24, 2.45) is 0 Å². The van der Waals surface area contributed by atoms with Gasteiger partial charge in [0.15, 0.2) is 0 Å². The normalized spacial score (nSPS) is 12.0. The average Bonchev–Trinajstić information content (AvgIpc) is 3.52. The summed E-state index contributed by atoms with van der Waals surface area (Å²) in [6.45, 7) is 0.863. The van der Waals surface area contributed by atoms with Crippen LogP contribution < -0.4 is 0 Å². The molecule has 182 valence electrons. The van der Waals surface area contributed by atoms with Crippen LogP contribution in [-0.2, 0) is 24.9 Å². The first kappa shape index (κ1) is 24.7. The minimum atomic E-state index is -4.59. The molecular formula is C25H22F4N4OS. The summed E-state index contributed by atoms with van der Waals surface area (Å²) in [6, 6.07) is 10.8. The lowest BCUT2D eigenvalue weighted by molar-refractivity contribution is -0.137. The van der Waals surface area contributed by atoms with Crippen molar-refractivity contribution >= 4 is 23.9 Å². The highest BCUT2D eigenvalue weighted by molar-refractivity contribution is 7.98. The number of thioether (sulfide) groups is 1. The molecule has 0 unspecified atom stereocenters. The second-order valence-corrected chi connectivity index (χ2v) is 8.85. The standard InChI is InChI=1S/C25H22F4N4OS/c26-23-15-20(25(27,28)29)8-6-19(23)7-11-24-31-21(16-34-24)17-35-22-9-4-18(5-10-22)3-1-2-13-33-14-12-30-32-33/h4-12,14-16H,1-3,13,17H2. The Labute approximate surface area is 203 Å². The van der Waals surface area contributed by atoms with Crippen molar-refractivity contribution in [1.29, 1.82) is 0 Å². The van der Waals surface area contributed by atoms with Crippen LogP contribution in [0, 0.1) is 5.82 Å². The molecule has 0 aliphatic carbocycles. The molecule has 0 bridgehead atoms. The van der Waals surface area contributed by atoms with Gasteiger partial charge in [-0.05, 0) is 55.2 Å². The van der Waals surface area contributed by atoms with E-state index < -0.39 is 17.6 Å². The lowest BCUT2D eigenvalue weighted by Gasteiger charge is -2.07. The van der Waals surface area contributed by atoms with Crippen molar-refractivity contribution < 1.29 is 22.0 Å². The van der Waals surface area contributed by atoms with E-state index in [1.165, 1.54) is 24.0 Å². The van der Waals surface area contributed by atoms with Crippen molar-refractivity contribution in [2.45, 2.75) is 42.6 Å². The number of oxazole rings is 1. The highest BCUT2D eigenvalue weighted by Gasteiger charge is 2.30. The Kier molecular flexibility index (Phi) is 8.02. The maximum atomic E-state index is 14.0. The second kappa shape index (κ2) is 11.4. The Hall–Kier alpha value is -3.40. The van der Waals surface area contributed by atoms with Gasteiger partial charge >= 0.3 is 6.18 Å². The van der Waals surface area contributed by atoms with E-state index in [2.05, 4.69) is 39.6 Å². The van der Waals surface area contributed by atoms with Gasteiger partial charge in [-0.1, -0.05) is 23.4 Å². The van der Waals surface area contributed by atoms with E-state index >= 15 is 0 Å². The van der Waals surface area contributed by atoms with Crippen molar-refractivity contribution in [3.63, 3.8) is 0 Å². The van der Waals surface area contributed by atoms with Crippen LogP contribution in [0.25, 0.3) is 12.2 Å². The van der Waals surface area contributed by atoms with Crippen LogP contribution >= 0.6 is 11.8 Å². The van der Waals surface area contributed by atoms with Crippen LogP contribution in [0.3, 0.4) is 0 Å². The van der Waals surface area contributed by atoms with Crippen LogP contribution in [0.15, 0.2) is 70.4 Å². The van der Waals surface area contributed by atoms with E-state index in [1.54, 1.807) is 18.0 Å². The monoisotopic (exact) mass is 502 g/mol. The topological polar surface area (TPSA) is 56.7 Å². The lowest BCUT2D eigenvalue weighted by Crippen LogP contribution is -2.05. The van der Waals surface area contributed by atoms with Gasteiger partial charge in [0.25, 0.3) is 0 Å². The predicted octanol–water partition coefficient (Wildman–Crippen LogP) is 6.91. The number of alkyl halides is 3. The average molecular weight is 503 g/mol. The first-order valence-electron chi connectivity index (χ1n) is 10.9. The van der Waals surface area contributed by atoms with Crippen molar-refractivity contribution in [1.82, 2.24) is 20.0 Å². The summed E-state index contributed by atoms with van der Waals surface area (Å²) in [4.78, 5) is 5.43. The van der Waals surface area contributed by atoms with Gasteiger partial charge in [0.2, 0.25) is 5.89 Å². The number of aromatic nitrogens is 4. The maximum absolute atomic E-state index is 14.0. The Morgan fingerprint density at radius 3 is 2.57 bits per heavy atom. The van der Waals surface area contributed by atoms with Crippen molar-refractivity contribution in [3.8, 4) is 0 Å². The van der Waals surface area contributed by atoms with Gasteiger partial charge in [-0.2, -0.15) is 13.2 Å². The number of hydrogen-bond donors (Lipinski definition) is 0. The third-order valence-corrected chi connectivity index (χ3v) is 6.23. The molecule has 2 heterocycles. The molecule has 2 aromatic carbocycles. The molecule has 0 spiro atoms. The highest BCUT2D eigenvalue weighted by atomic mass is 32.2. The summed E-state index contributed by atoms with van der Waals surface area (Å²) in [6.07, 6.45) is 6.33. The molecule has 0 fully saturated rings. The molecule has 0 aliphatic heterocycles. The smallest absolute Gasteiger partial charge is 0.416 e. The minimum absolute atomic E-state index is 0.0191. The molecule has 4 rings (SSSR count). The summed E-state index contributed by atoms with van der Waals surface area (Å²) in [5.74, 6) is -0.123. The highest BCUT2D eigenvalue weighted by Crippen LogP contribution is 2.30. The molecule has 2 aromatic heterocycles. The van der Waals surface area contributed by atoms with E-state index in [9.17, 15) is 17.6 Å². The van der Waals surface area contributed by atoms with Gasteiger partial charge in [-0.25, -0.2) is 9.37 Å². The van der Waals surface area contributed by atoms with E-state index in [1.807, 2.05) is 10.9 Å². The molecule has 0 saturated heterocycles. The van der Waals surface area contributed by atoms with E-state index in [0.29, 0.717) is 17.5 Å². The molecule has 0 radical (unpaired) electrons. The first-order valence-corrected chi connectivity index (χ1v) is 11.9. The molecule has 4 aromatic rings. The zero-order valence-electron chi connectivity index (χ0n) is 18.6. The van der Waals surface area contributed by atoms with Crippen LogP contribution in [0.2, 0.25) is 0 Å². The quantitative estimate of drug-likeness (QED) is 0.134. The Balaban J connectivity index is 1.24. The van der Waals surface area contributed by atoms with Crippen LogP contribution in [0.4, 0.5) is 17.6 Å². The van der Waals surface area contributed by atoms with Gasteiger partial charge in [0.1, 0.15) is 12.1 Å². The summed E-state index contributed by atoms with van der Waals surface area (Å²) in [5, 5.41) is 7.75. The van der Waals surface area contributed by atoms with Crippen LogP contribution in [0.5, 0.6) is 0 Å². The number of halogens is 4. The SMILES string of the molecule is Fc1cc(C(F)(F)F)ccc1C=Cc1nc(CSc2ccc(CCCCn3ccnn3)cc2)co1. The van der Waals surface area contributed by atoms with Gasteiger partial charge in [-0.15, -0.1) is 16.9 Å². The van der Waals surface area contributed by atoms with Gasteiger partial charge in [0, 0.05) is 35.0 Å². The van der Waals surface area contributed by atoms with E-state index in [-0.39, 0.29) is 11.5 Å². The Bertz CT molecular complexity index is 1250. The van der Waals surface area contributed by atoms with Gasteiger partial charge in [-0.3, -0.25) is 4.68 Å². The summed E-state index contributed by atoms with van der Waals surface area (Å²) in [5.41, 5.74) is 0.974. The molecule has 5 nitrogen and oxygen atoms in total. The zero-order chi connectivity index (χ0) is 24.7. The third-order valence-electron chi connectivity index (χ3n) is 5.19.